The molecule has 1 aliphatic heterocycles. The fourth-order valence-electron chi connectivity index (χ4n) is 1.62. The predicted octanol–water partition coefficient (Wildman–Crippen LogP) is -0.664. The topological polar surface area (TPSA) is 113 Å². The first-order valence-electron chi connectivity index (χ1n) is 5.30. The second-order valence-electron chi connectivity index (χ2n) is 4.13. The fourth-order valence-corrected chi connectivity index (χ4v) is 3.26. The van der Waals surface area contributed by atoms with Gasteiger partial charge in [0.25, 0.3) is 0 Å². The number of carboxylic acids is 1. The summed E-state index contributed by atoms with van der Waals surface area (Å²) in [4.78, 5) is 21.8. The first-order valence-corrected chi connectivity index (χ1v) is 7.12. The van der Waals surface area contributed by atoms with Crippen molar-refractivity contribution in [3.05, 3.63) is 0 Å². The Bertz CT molecular complexity index is 406. The number of urea groups is 1. The van der Waals surface area contributed by atoms with E-state index in [-0.39, 0.29) is 11.5 Å². The third-order valence-corrected chi connectivity index (χ3v) is 4.34. The number of aliphatic carboxylic acids is 1. The van der Waals surface area contributed by atoms with Crippen molar-refractivity contribution in [3.63, 3.8) is 0 Å². The van der Waals surface area contributed by atoms with Gasteiger partial charge in [-0.15, -0.1) is 0 Å². The molecular formula is C9H16N2O5S. The number of amides is 2. The van der Waals surface area contributed by atoms with E-state index >= 15 is 0 Å². The van der Waals surface area contributed by atoms with Crippen LogP contribution in [0.3, 0.4) is 0 Å². The minimum absolute atomic E-state index is 0.0815. The van der Waals surface area contributed by atoms with E-state index in [1.54, 1.807) is 0 Å². The van der Waals surface area contributed by atoms with Crippen molar-refractivity contribution < 1.29 is 23.1 Å². The van der Waals surface area contributed by atoms with Gasteiger partial charge in [0.15, 0.2) is 9.84 Å². The van der Waals surface area contributed by atoms with Gasteiger partial charge in [0, 0.05) is 6.04 Å². The highest BCUT2D eigenvalue weighted by atomic mass is 32.2. The minimum atomic E-state index is -3.08. The fraction of sp³-hybridized carbons (Fsp3) is 0.778. The molecule has 0 bridgehead atoms. The Morgan fingerprint density at radius 3 is 2.59 bits per heavy atom. The summed E-state index contributed by atoms with van der Waals surface area (Å²) < 4.78 is 22.6. The molecule has 2 atom stereocenters. The Morgan fingerprint density at radius 1 is 1.41 bits per heavy atom. The van der Waals surface area contributed by atoms with E-state index in [9.17, 15) is 18.0 Å². The van der Waals surface area contributed by atoms with Crippen LogP contribution in [-0.2, 0) is 14.6 Å². The lowest BCUT2D eigenvalue weighted by Crippen LogP contribution is -2.50. The van der Waals surface area contributed by atoms with Crippen molar-refractivity contribution in [2.75, 3.05) is 11.5 Å². The van der Waals surface area contributed by atoms with Crippen LogP contribution in [0.4, 0.5) is 4.79 Å². The van der Waals surface area contributed by atoms with Crippen LogP contribution >= 0.6 is 0 Å². The van der Waals surface area contributed by atoms with Crippen molar-refractivity contribution in [1.82, 2.24) is 10.6 Å². The van der Waals surface area contributed by atoms with Gasteiger partial charge in [-0.2, -0.15) is 0 Å². The maximum Gasteiger partial charge on any atom is 0.325 e. The predicted molar refractivity (Wildman–Crippen MR) is 60.4 cm³/mol. The highest BCUT2D eigenvalue weighted by molar-refractivity contribution is 7.91. The minimum Gasteiger partial charge on any atom is -0.480 e. The van der Waals surface area contributed by atoms with E-state index in [2.05, 4.69) is 10.6 Å². The van der Waals surface area contributed by atoms with E-state index in [1.807, 2.05) is 0 Å². The zero-order valence-electron chi connectivity index (χ0n) is 9.47. The molecule has 1 fully saturated rings. The molecule has 0 saturated carbocycles. The van der Waals surface area contributed by atoms with Crippen LogP contribution in [0.2, 0.25) is 0 Å². The molecule has 0 aromatic carbocycles. The van der Waals surface area contributed by atoms with Gasteiger partial charge in [0.05, 0.1) is 11.5 Å². The molecule has 3 N–H and O–H groups in total. The van der Waals surface area contributed by atoms with Gasteiger partial charge in [-0.25, -0.2) is 13.2 Å². The van der Waals surface area contributed by atoms with E-state index < -0.39 is 33.9 Å². The van der Waals surface area contributed by atoms with Crippen molar-refractivity contribution in [2.45, 2.75) is 31.8 Å². The van der Waals surface area contributed by atoms with Gasteiger partial charge in [-0.05, 0) is 19.8 Å². The zero-order valence-corrected chi connectivity index (χ0v) is 10.3. The van der Waals surface area contributed by atoms with Gasteiger partial charge >= 0.3 is 12.0 Å². The average Bonchev–Trinajstić information content (AvgIpc) is 2.15. The molecular weight excluding hydrogens is 248 g/mol. The molecule has 1 saturated heterocycles. The molecule has 17 heavy (non-hydrogen) atoms. The van der Waals surface area contributed by atoms with Crippen LogP contribution in [0.25, 0.3) is 0 Å². The summed E-state index contributed by atoms with van der Waals surface area (Å²) in [5.74, 6) is -1.07. The Balaban J connectivity index is 2.44. The van der Waals surface area contributed by atoms with Crippen LogP contribution in [0, 0.1) is 0 Å². The Kier molecular flexibility index (Phi) is 4.33. The third-order valence-electron chi connectivity index (χ3n) is 2.52. The number of carbonyl (C=O) groups is 2. The van der Waals surface area contributed by atoms with E-state index in [1.165, 1.54) is 6.92 Å². The second-order valence-corrected chi connectivity index (χ2v) is 6.36. The normalized spacial score (nSPS) is 24.6. The number of carbonyl (C=O) groups excluding carboxylic acids is 1. The zero-order chi connectivity index (χ0) is 13.1. The summed E-state index contributed by atoms with van der Waals surface area (Å²) in [5.41, 5.74) is 0. The van der Waals surface area contributed by atoms with Crippen molar-refractivity contribution in [1.29, 1.82) is 0 Å². The molecule has 0 aliphatic carbocycles. The molecule has 0 spiro atoms. The van der Waals surface area contributed by atoms with Gasteiger partial charge in [0.2, 0.25) is 0 Å². The van der Waals surface area contributed by atoms with Crippen molar-refractivity contribution >= 4 is 21.8 Å². The molecule has 1 rings (SSSR count). The summed E-state index contributed by atoms with van der Waals surface area (Å²) in [6, 6.07) is -2.09. The summed E-state index contributed by atoms with van der Waals surface area (Å²) >= 11 is 0. The number of sulfone groups is 1. The van der Waals surface area contributed by atoms with Crippen LogP contribution in [0.5, 0.6) is 0 Å². The largest absolute Gasteiger partial charge is 0.480 e. The van der Waals surface area contributed by atoms with E-state index in [0.717, 1.165) is 0 Å². The van der Waals surface area contributed by atoms with Gasteiger partial charge < -0.3 is 15.7 Å². The summed E-state index contributed by atoms with van der Waals surface area (Å²) in [5, 5.41) is 13.3. The highest BCUT2D eigenvalue weighted by Gasteiger charge is 2.26. The molecule has 1 aliphatic rings. The van der Waals surface area contributed by atoms with Gasteiger partial charge in [-0.3, -0.25) is 4.79 Å². The number of nitrogens with one attached hydrogen (secondary N) is 2. The number of hydrogen-bond acceptors (Lipinski definition) is 4. The molecule has 2 amide bonds. The SMILES string of the molecule is C[C@H](NC(=O)NC1CCCS(=O)(=O)C1)C(=O)O. The summed E-state index contributed by atoms with van der Waals surface area (Å²) in [7, 11) is -3.08. The maximum absolute atomic E-state index is 11.4. The molecule has 0 aromatic heterocycles. The number of carboxylic acid groups (broad SMARTS) is 1. The molecule has 8 heteroatoms. The lowest BCUT2D eigenvalue weighted by Gasteiger charge is -2.23. The Morgan fingerprint density at radius 2 is 2.06 bits per heavy atom. The third kappa shape index (κ3) is 4.59. The monoisotopic (exact) mass is 264 g/mol. The molecule has 1 heterocycles. The summed E-state index contributed by atoms with van der Waals surface area (Å²) in [6.45, 7) is 1.33. The van der Waals surface area contributed by atoms with Crippen molar-refractivity contribution in [3.8, 4) is 0 Å². The van der Waals surface area contributed by atoms with Crippen molar-refractivity contribution in [2.24, 2.45) is 0 Å². The van der Waals surface area contributed by atoms with Gasteiger partial charge in [0.1, 0.15) is 6.04 Å². The standard InChI is InChI=1S/C9H16N2O5S/c1-6(8(12)13)10-9(14)11-7-3-2-4-17(15,16)5-7/h6-7H,2-5H2,1H3,(H,12,13)(H2,10,11,14)/t6-,7?/m0/s1. The number of rotatable bonds is 3. The lowest BCUT2D eigenvalue weighted by atomic mass is 10.2. The van der Waals surface area contributed by atoms with Crippen LogP contribution in [0.15, 0.2) is 0 Å². The average molecular weight is 264 g/mol. The Labute approximate surface area is 99.5 Å². The lowest BCUT2D eigenvalue weighted by molar-refractivity contribution is -0.138. The van der Waals surface area contributed by atoms with Crippen LogP contribution in [0.1, 0.15) is 19.8 Å². The van der Waals surface area contributed by atoms with Gasteiger partial charge in [-0.1, -0.05) is 0 Å². The maximum atomic E-state index is 11.4. The molecule has 0 radical (unpaired) electrons. The molecule has 98 valence electrons. The first-order chi connectivity index (χ1) is 7.80. The second kappa shape index (κ2) is 5.35. The smallest absolute Gasteiger partial charge is 0.325 e. The van der Waals surface area contributed by atoms with E-state index in [0.29, 0.717) is 12.8 Å². The Hall–Kier alpha value is -1.31. The molecule has 7 nitrogen and oxygen atoms in total. The molecule has 1 unspecified atom stereocenters. The van der Waals surface area contributed by atoms with E-state index in [4.69, 9.17) is 5.11 Å². The first kappa shape index (κ1) is 13.8. The number of hydrogen-bond donors (Lipinski definition) is 3. The quantitative estimate of drug-likeness (QED) is 0.626. The van der Waals surface area contributed by atoms with Crippen LogP contribution in [-0.4, -0.2) is 49.1 Å². The van der Waals surface area contributed by atoms with Crippen LogP contribution < -0.4 is 10.6 Å². The molecule has 0 aromatic rings. The highest BCUT2D eigenvalue weighted by Crippen LogP contribution is 2.11. The summed E-state index contributed by atoms with van der Waals surface area (Å²) in [6.07, 6.45) is 1.11.